The van der Waals surface area contributed by atoms with E-state index in [4.69, 9.17) is 4.98 Å². The molecule has 1 aliphatic rings. The summed E-state index contributed by atoms with van der Waals surface area (Å²) in [6, 6.07) is 15.3. The lowest BCUT2D eigenvalue weighted by molar-refractivity contribution is 0.244. The normalized spacial score (nSPS) is 18.1. The summed E-state index contributed by atoms with van der Waals surface area (Å²) in [5.41, 5.74) is 3.94. The largest absolute Gasteiger partial charge is 0.291 e. The van der Waals surface area contributed by atoms with Crippen LogP contribution in [0.15, 0.2) is 61.2 Å². The maximum atomic E-state index is 4.89. The molecule has 0 aliphatic carbocycles. The molecule has 0 radical (unpaired) electrons. The van der Waals surface area contributed by atoms with Crippen LogP contribution < -0.4 is 0 Å². The van der Waals surface area contributed by atoms with Crippen LogP contribution in [-0.4, -0.2) is 26.0 Å². The van der Waals surface area contributed by atoms with Crippen LogP contribution in [-0.2, 0) is 6.54 Å². The Morgan fingerprint density at radius 3 is 2.88 bits per heavy atom. The van der Waals surface area contributed by atoms with E-state index in [1.807, 2.05) is 16.8 Å². The molecule has 122 valence electrons. The number of benzene rings is 1. The van der Waals surface area contributed by atoms with E-state index in [0.29, 0.717) is 6.04 Å². The number of imidazole rings is 1. The number of aromatic nitrogens is 3. The van der Waals surface area contributed by atoms with Crippen molar-refractivity contribution < 1.29 is 0 Å². The predicted octanol–water partition coefficient (Wildman–Crippen LogP) is 3.91. The lowest BCUT2D eigenvalue weighted by Crippen LogP contribution is -2.24. The van der Waals surface area contributed by atoms with E-state index in [0.717, 1.165) is 24.6 Å². The zero-order valence-electron chi connectivity index (χ0n) is 14.0. The molecule has 0 saturated carbocycles. The average Bonchev–Trinajstić information content (AvgIpc) is 3.29. The first-order valence-corrected chi connectivity index (χ1v) is 8.55. The highest BCUT2D eigenvalue weighted by Crippen LogP contribution is 2.32. The van der Waals surface area contributed by atoms with Gasteiger partial charge in [0.05, 0.1) is 11.7 Å². The molecule has 4 heteroatoms. The van der Waals surface area contributed by atoms with Crippen molar-refractivity contribution in [2.75, 3.05) is 6.54 Å². The number of hydrogen-bond acceptors (Lipinski definition) is 3. The van der Waals surface area contributed by atoms with Gasteiger partial charge in [-0.15, -0.1) is 0 Å². The Balaban J connectivity index is 1.59. The summed E-state index contributed by atoms with van der Waals surface area (Å²) in [6.07, 6.45) is 7.92. The monoisotopic (exact) mass is 318 g/mol. The minimum Gasteiger partial charge on any atom is -0.291 e. The molecule has 2 aromatic heterocycles. The van der Waals surface area contributed by atoms with Gasteiger partial charge in [0.25, 0.3) is 0 Å². The van der Waals surface area contributed by atoms with Crippen LogP contribution in [0.3, 0.4) is 0 Å². The van der Waals surface area contributed by atoms with E-state index < -0.39 is 0 Å². The summed E-state index contributed by atoms with van der Waals surface area (Å²) >= 11 is 0. The summed E-state index contributed by atoms with van der Waals surface area (Å²) in [6.45, 7) is 4.32. The molecule has 1 aromatic carbocycles. The standard InChI is InChI=1S/C20H22N4/c1-16-6-2-3-7-17(16)14-23-12-5-9-19(23)18-8-4-10-20(22-18)24-13-11-21-15-24/h2-4,6-8,10-11,13,15,19H,5,9,12,14H2,1H3. The Bertz CT molecular complexity index is 810. The van der Waals surface area contributed by atoms with Gasteiger partial charge in [0.1, 0.15) is 12.1 Å². The van der Waals surface area contributed by atoms with Gasteiger partial charge in [-0.2, -0.15) is 0 Å². The smallest absolute Gasteiger partial charge is 0.138 e. The lowest BCUT2D eigenvalue weighted by atomic mass is 10.1. The van der Waals surface area contributed by atoms with Gasteiger partial charge in [-0.3, -0.25) is 9.47 Å². The molecular formula is C20H22N4. The van der Waals surface area contributed by atoms with E-state index in [2.05, 4.69) is 53.2 Å². The summed E-state index contributed by atoms with van der Waals surface area (Å²) in [5, 5.41) is 0. The Morgan fingerprint density at radius 2 is 2.04 bits per heavy atom. The van der Waals surface area contributed by atoms with Crippen molar-refractivity contribution in [2.24, 2.45) is 0 Å². The molecular weight excluding hydrogens is 296 g/mol. The third kappa shape index (κ3) is 2.97. The molecule has 1 fully saturated rings. The van der Waals surface area contributed by atoms with Crippen molar-refractivity contribution in [3.8, 4) is 5.82 Å². The highest BCUT2D eigenvalue weighted by atomic mass is 15.2. The van der Waals surface area contributed by atoms with Crippen LogP contribution >= 0.6 is 0 Å². The first-order chi connectivity index (χ1) is 11.8. The second-order valence-electron chi connectivity index (χ2n) is 6.45. The summed E-state index contributed by atoms with van der Waals surface area (Å²) in [5.74, 6) is 0.938. The zero-order chi connectivity index (χ0) is 16.4. The molecule has 1 unspecified atom stereocenters. The Morgan fingerprint density at radius 1 is 1.12 bits per heavy atom. The molecule has 1 saturated heterocycles. The van der Waals surface area contributed by atoms with Gasteiger partial charge < -0.3 is 0 Å². The molecule has 0 N–H and O–H groups in total. The topological polar surface area (TPSA) is 34.0 Å². The highest BCUT2D eigenvalue weighted by Gasteiger charge is 2.27. The van der Waals surface area contributed by atoms with E-state index in [1.165, 1.54) is 24.0 Å². The molecule has 3 aromatic rings. The molecule has 0 bridgehead atoms. The Kier molecular flexibility index (Phi) is 4.13. The summed E-state index contributed by atoms with van der Waals surface area (Å²) in [4.78, 5) is 11.6. The van der Waals surface area contributed by atoms with E-state index in [1.54, 1.807) is 12.5 Å². The first-order valence-electron chi connectivity index (χ1n) is 8.55. The number of aryl methyl sites for hydroxylation is 1. The van der Waals surface area contributed by atoms with Gasteiger partial charge in [0.2, 0.25) is 0 Å². The van der Waals surface area contributed by atoms with Crippen molar-refractivity contribution in [1.29, 1.82) is 0 Å². The van der Waals surface area contributed by atoms with Crippen molar-refractivity contribution in [3.63, 3.8) is 0 Å². The van der Waals surface area contributed by atoms with Gasteiger partial charge in [0.15, 0.2) is 0 Å². The van der Waals surface area contributed by atoms with Crippen LogP contribution in [0.25, 0.3) is 5.82 Å². The molecule has 3 heterocycles. The third-order valence-electron chi connectivity index (χ3n) is 4.86. The minimum atomic E-state index is 0.396. The summed E-state index contributed by atoms with van der Waals surface area (Å²) in [7, 11) is 0. The van der Waals surface area contributed by atoms with Crippen LogP contribution in [0.4, 0.5) is 0 Å². The number of hydrogen-bond donors (Lipinski definition) is 0. The Labute approximate surface area is 142 Å². The fourth-order valence-corrected chi connectivity index (χ4v) is 3.52. The van der Waals surface area contributed by atoms with E-state index >= 15 is 0 Å². The fourth-order valence-electron chi connectivity index (χ4n) is 3.52. The number of pyridine rings is 1. The number of nitrogens with zero attached hydrogens (tertiary/aromatic N) is 4. The maximum Gasteiger partial charge on any atom is 0.138 e. The van der Waals surface area contributed by atoms with Gasteiger partial charge in [-0.25, -0.2) is 9.97 Å². The fraction of sp³-hybridized carbons (Fsp3) is 0.300. The second kappa shape index (κ2) is 6.57. The zero-order valence-corrected chi connectivity index (χ0v) is 14.0. The summed E-state index contributed by atoms with van der Waals surface area (Å²) < 4.78 is 1.96. The van der Waals surface area contributed by atoms with Crippen LogP contribution in [0.2, 0.25) is 0 Å². The van der Waals surface area contributed by atoms with Gasteiger partial charge in [-0.05, 0) is 49.6 Å². The molecule has 0 amide bonds. The van der Waals surface area contributed by atoms with Crippen LogP contribution in [0, 0.1) is 6.92 Å². The minimum absolute atomic E-state index is 0.396. The highest BCUT2D eigenvalue weighted by molar-refractivity contribution is 5.28. The SMILES string of the molecule is Cc1ccccc1CN1CCCC1c1cccc(-n2ccnc2)n1. The molecule has 1 aliphatic heterocycles. The molecule has 0 spiro atoms. The third-order valence-corrected chi connectivity index (χ3v) is 4.86. The van der Waals surface area contributed by atoms with Gasteiger partial charge >= 0.3 is 0 Å². The number of rotatable bonds is 4. The first kappa shape index (κ1) is 15.1. The predicted molar refractivity (Wildman–Crippen MR) is 94.9 cm³/mol. The quantitative estimate of drug-likeness (QED) is 0.731. The second-order valence-corrected chi connectivity index (χ2v) is 6.45. The Hall–Kier alpha value is -2.46. The molecule has 1 atom stereocenters. The van der Waals surface area contributed by atoms with Gasteiger partial charge in [-0.1, -0.05) is 30.3 Å². The maximum absolute atomic E-state index is 4.89. The van der Waals surface area contributed by atoms with Crippen molar-refractivity contribution in [2.45, 2.75) is 32.4 Å². The van der Waals surface area contributed by atoms with Crippen molar-refractivity contribution in [3.05, 3.63) is 78.0 Å². The van der Waals surface area contributed by atoms with Crippen LogP contribution in [0.5, 0.6) is 0 Å². The van der Waals surface area contributed by atoms with Crippen molar-refractivity contribution in [1.82, 2.24) is 19.4 Å². The lowest BCUT2D eigenvalue weighted by Gasteiger charge is -2.25. The molecule has 4 rings (SSSR count). The van der Waals surface area contributed by atoms with E-state index in [-0.39, 0.29) is 0 Å². The van der Waals surface area contributed by atoms with Gasteiger partial charge in [0, 0.05) is 18.9 Å². The van der Waals surface area contributed by atoms with E-state index in [9.17, 15) is 0 Å². The van der Waals surface area contributed by atoms with Crippen molar-refractivity contribution >= 4 is 0 Å². The average molecular weight is 318 g/mol. The van der Waals surface area contributed by atoms with Crippen LogP contribution in [0.1, 0.15) is 35.7 Å². The number of likely N-dealkylation sites (tertiary alicyclic amines) is 1. The molecule has 24 heavy (non-hydrogen) atoms. The molecule has 4 nitrogen and oxygen atoms in total.